The van der Waals surface area contributed by atoms with Gasteiger partial charge in [-0.05, 0) is 117 Å². The molecule has 0 radical (unpaired) electrons. The minimum absolute atomic E-state index is 0.473. The van der Waals surface area contributed by atoms with E-state index in [0.717, 1.165) is 65.5 Å². The van der Waals surface area contributed by atoms with E-state index in [-0.39, 0.29) is 0 Å². The molecule has 55 heavy (non-hydrogen) atoms. The molecule has 8 aromatic rings. The Hall–Kier alpha value is -3.54. The molecule has 0 amide bonds. The highest BCUT2D eigenvalue weighted by molar-refractivity contribution is 7.99. The van der Waals surface area contributed by atoms with Gasteiger partial charge >= 0.3 is 0 Å². The summed E-state index contributed by atoms with van der Waals surface area (Å²) in [4.78, 5) is 4.30. The molecule has 0 aliphatic rings. The van der Waals surface area contributed by atoms with Crippen molar-refractivity contribution in [3.8, 4) is 11.5 Å². The minimum atomic E-state index is 0.473. The Kier molecular flexibility index (Phi) is 12.4. The molecule has 0 unspecified atom stereocenters. The summed E-state index contributed by atoms with van der Waals surface area (Å²) in [5.41, 5.74) is 4.79. The molecule has 0 atom stereocenters. The Bertz CT molecular complexity index is 2450. The first-order chi connectivity index (χ1) is 27.1. The van der Waals surface area contributed by atoms with Crippen molar-refractivity contribution in [2.45, 2.75) is 45.3 Å². The Morgan fingerprint density at radius 2 is 0.673 bits per heavy atom. The van der Waals surface area contributed by atoms with Crippen LogP contribution in [0.3, 0.4) is 0 Å². The molecule has 0 saturated carbocycles. The molecule has 276 valence electrons. The summed E-state index contributed by atoms with van der Waals surface area (Å²) in [6.45, 7) is 0. The number of alkyl halides is 4. The van der Waals surface area contributed by atoms with Crippen LogP contribution in [0, 0.1) is 0 Å². The minimum Gasteiger partial charge on any atom is -0.454 e. The summed E-state index contributed by atoms with van der Waals surface area (Å²) in [7, 11) is 0. The van der Waals surface area contributed by atoms with E-state index < -0.39 is 0 Å². The Morgan fingerprint density at radius 3 is 1.04 bits per heavy atom. The summed E-state index contributed by atoms with van der Waals surface area (Å²) >= 11 is 29.9. The summed E-state index contributed by atoms with van der Waals surface area (Å²) in [6, 6.07) is 47.3. The van der Waals surface area contributed by atoms with Gasteiger partial charge in [-0.1, -0.05) is 121 Å². The average Bonchev–Trinajstić information content (AvgIpc) is 3.22. The zero-order chi connectivity index (χ0) is 37.7. The fraction of sp³-hybridized carbons (Fsp3) is 0.167. The van der Waals surface area contributed by atoms with Gasteiger partial charge in [-0.15, -0.1) is 46.4 Å². The summed E-state index contributed by atoms with van der Waals surface area (Å²) in [5, 5.41) is 9.20. The molecule has 1 nitrogen and oxygen atoms in total. The van der Waals surface area contributed by atoms with Crippen LogP contribution in [0.15, 0.2) is 153 Å². The Morgan fingerprint density at radius 1 is 0.345 bits per heavy atom. The lowest BCUT2D eigenvalue weighted by atomic mass is 9.88. The first-order valence-corrected chi connectivity index (χ1v) is 22.3. The third kappa shape index (κ3) is 7.65. The number of hydrogen-bond acceptors (Lipinski definition) is 3. The number of hydrogen-bond donors (Lipinski definition) is 0. The highest BCUT2D eigenvalue weighted by atomic mass is 35.5. The lowest BCUT2D eigenvalue weighted by molar-refractivity contribution is 0.471. The van der Waals surface area contributed by atoms with E-state index in [4.69, 9.17) is 51.1 Å². The first-order valence-electron chi connectivity index (χ1n) is 18.5. The number of halogens is 4. The van der Waals surface area contributed by atoms with E-state index in [0.29, 0.717) is 36.4 Å². The van der Waals surface area contributed by atoms with Gasteiger partial charge in [0.1, 0.15) is 11.5 Å². The van der Waals surface area contributed by atoms with Crippen molar-refractivity contribution in [2.75, 3.05) is 23.5 Å². The van der Waals surface area contributed by atoms with E-state index >= 15 is 0 Å². The van der Waals surface area contributed by atoms with Crippen LogP contribution in [-0.2, 0) is 25.7 Å². The van der Waals surface area contributed by atoms with Crippen LogP contribution < -0.4 is 4.74 Å². The largest absolute Gasteiger partial charge is 0.454 e. The fourth-order valence-corrected chi connectivity index (χ4v) is 10.5. The predicted molar refractivity (Wildman–Crippen MR) is 242 cm³/mol. The summed E-state index contributed by atoms with van der Waals surface area (Å²) in [6.07, 6.45) is 2.81. The average molecular weight is 837 g/mol. The van der Waals surface area contributed by atoms with E-state index in [9.17, 15) is 0 Å². The third-order valence-corrected chi connectivity index (χ3v) is 13.0. The topological polar surface area (TPSA) is 9.23 Å². The van der Waals surface area contributed by atoms with Crippen LogP contribution in [0.2, 0.25) is 0 Å². The van der Waals surface area contributed by atoms with Crippen molar-refractivity contribution in [1.29, 1.82) is 0 Å². The van der Waals surface area contributed by atoms with Gasteiger partial charge < -0.3 is 4.74 Å². The van der Waals surface area contributed by atoms with Crippen LogP contribution in [0.1, 0.15) is 22.3 Å². The van der Waals surface area contributed by atoms with Crippen molar-refractivity contribution in [3.63, 3.8) is 0 Å². The number of ether oxygens (including phenoxy) is 1. The molecule has 0 bridgehead atoms. The lowest BCUT2D eigenvalue weighted by Crippen LogP contribution is -2.03. The molecule has 0 aliphatic carbocycles. The molecular weight excluding hydrogens is 798 g/mol. The Labute approximate surface area is 351 Å². The molecule has 0 aliphatic heterocycles. The van der Waals surface area contributed by atoms with Crippen LogP contribution in [0.4, 0.5) is 0 Å². The van der Waals surface area contributed by atoms with Crippen molar-refractivity contribution >= 4 is 113 Å². The molecular formula is C48H38Cl4OS2. The van der Waals surface area contributed by atoms with Gasteiger partial charge in [0.15, 0.2) is 0 Å². The number of fused-ring (bicyclic) bond motifs is 4. The monoisotopic (exact) mass is 834 g/mol. The van der Waals surface area contributed by atoms with Crippen LogP contribution in [0.5, 0.6) is 11.5 Å². The van der Waals surface area contributed by atoms with Gasteiger partial charge in [-0.25, -0.2) is 0 Å². The molecule has 0 aromatic heterocycles. The quantitative estimate of drug-likeness (QED) is 0.0798. The van der Waals surface area contributed by atoms with Gasteiger partial charge in [0.2, 0.25) is 0 Å². The molecule has 0 heterocycles. The van der Waals surface area contributed by atoms with Gasteiger partial charge in [0.25, 0.3) is 0 Å². The first kappa shape index (κ1) is 38.3. The van der Waals surface area contributed by atoms with Crippen LogP contribution in [-0.4, -0.2) is 23.5 Å². The fourth-order valence-electron chi connectivity index (χ4n) is 7.94. The molecule has 8 aromatic carbocycles. The Balaban J connectivity index is 1.52. The summed E-state index contributed by atoms with van der Waals surface area (Å²) < 4.78 is 7.76. The molecule has 7 heteroatoms. The van der Waals surface area contributed by atoms with Crippen molar-refractivity contribution in [2.24, 2.45) is 0 Å². The van der Waals surface area contributed by atoms with Crippen LogP contribution in [0.25, 0.3) is 43.1 Å². The number of benzene rings is 8. The maximum absolute atomic E-state index is 7.76. The molecule has 8 rings (SSSR count). The second kappa shape index (κ2) is 17.7. The molecule has 0 N–H and O–H groups in total. The van der Waals surface area contributed by atoms with E-state index in [1.54, 1.807) is 23.5 Å². The lowest BCUT2D eigenvalue weighted by Gasteiger charge is -2.24. The SMILES string of the molecule is ClCCc1c2ccccc2c(CCCl)c2c(Oc3c(Sc4ccccc4)ccc4c(CCCl)c5ccccc5c(CCCl)c34)c(Sc3ccccc3)ccc12. The number of aryl methyl sites for hydroxylation is 4. The molecule has 0 saturated heterocycles. The van der Waals surface area contributed by atoms with Gasteiger partial charge in [-0.2, -0.15) is 0 Å². The van der Waals surface area contributed by atoms with Gasteiger partial charge in [0, 0.05) is 44.1 Å². The zero-order valence-electron chi connectivity index (χ0n) is 30.1. The van der Waals surface area contributed by atoms with Gasteiger partial charge in [0.05, 0.1) is 9.79 Å². The van der Waals surface area contributed by atoms with Gasteiger partial charge in [-0.3, -0.25) is 0 Å². The zero-order valence-corrected chi connectivity index (χ0v) is 34.8. The van der Waals surface area contributed by atoms with Crippen molar-refractivity contribution in [1.82, 2.24) is 0 Å². The normalized spacial score (nSPS) is 11.6. The van der Waals surface area contributed by atoms with E-state index in [1.165, 1.54) is 43.8 Å². The van der Waals surface area contributed by atoms with Crippen LogP contribution >= 0.6 is 69.9 Å². The highest BCUT2D eigenvalue weighted by Crippen LogP contribution is 2.52. The second-order valence-corrected chi connectivity index (χ2v) is 17.1. The third-order valence-electron chi connectivity index (χ3n) is 10.2. The molecule has 0 spiro atoms. The predicted octanol–water partition coefficient (Wildman–Crippen LogP) is 15.5. The highest BCUT2D eigenvalue weighted by Gasteiger charge is 2.25. The molecule has 0 fully saturated rings. The van der Waals surface area contributed by atoms with Crippen molar-refractivity contribution in [3.05, 3.63) is 156 Å². The maximum atomic E-state index is 7.76. The smallest absolute Gasteiger partial charge is 0.149 e. The second-order valence-electron chi connectivity index (χ2n) is 13.3. The van der Waals surface area contributed by atoms with Crippen molar-refractivity contribution < 1.29 is 4.74 Å². The van der Waals surface area contributed by atoms with E-state index in [2.05, 4.69) is 133 Å². The standard InChI is InChI=1S/C48H38Cl4OS2/c49-27-23-37-33-15-7-9-17-35(33)41(25-29-51)45-39(37)19-21-43(54-31-11-3-1-4-12-31)47(45)53-48-44(55-32-13-5-2-6-14-32)22-20-40-38(24-28-50)34-16-8-10-18-36(34)42(26-30-52)46(40)48/h1-22H,23-30H2. The maximum Gasteiger partial charge on any atom is 0.149 e. The van der Waals surface area contributed by atoms with E-state index in [1.807, 2.05) is 0 Å². The summed E-state index contributed by atoms with van der Waals surface area (Å²) in [5.74, 6) is 3.59. The number of rotatable bonds is 14.